The van der Waals surface area contributed by atoms with Crippen molar-refractivity contribution in [2.45, 2.75) is 90.3 Å². The van der Waals surface area contributed by atoms with Crippen LogP contribution in [0.1, 0.15) is 90.4 Å². The zero-order chi connectivity index (χ0) is 40.5. The number of rotatable bonds is 5. The maximum Gasteiger partial charge on any atom is 0.410 e. The molecule has 14 nitrogen and oxygen atoms in total. The molecule has 0 bridgehead atoms. The molecule has 0 spiro atoms. The number of ether oxygens (including phenoxy) is 3. The first-order chi connectivity index (χ1) is 27.2. The zero-order valence-corrected chi connectivity index (χ0v) is 35.2. The molecular formula is C41H51N9O5S2. The number of carbonyl (C=O) groups excluding carboxylic acids is 2. The van der Waals surface area contributed by atoms with Crippen LogP contribution in [0.15, 0.2) is 59.6 Å². The number of hydrogen-bond acceptors (Lipinski definition) is 12. The second-order valence-electron chi connectivity index (χ2n) is 16.4. The molecule has 8 rings (SSSR count). The third-order valence-electron chi connectivity index (χ3n) is 9.74. The Labute approximate surface area is 340 Å². The van der Waals surface area contributed by atoms with Crippen LogP contribution >= 0.6 is 22.7 Å². The highest BCUT2D eigenvalue weighted by Crippen LogP contribution is 2.35. The average Bonchev–Trinajstić information content (AvgIpc) is 4.01. The fraction of sp³-hybridized carbons (Fsp3) is 0.463. The summed E-state index contributed by atoms with van der Waals surface area (Å²) in [6, 6.07) is 12.0. The number of carbonyl (C=O) groups is 2. The fourth-order valence-electron chi connectivity index (χ4n) is 7.16. The number of thiophene rings is 2. The first-order valence-electron chi connectivity index (χ1n) is 19.3. The topological polar surface area (TPSA) is 155 Å². The second-order valence-corrected chi connectivity index (χ2v) is 18.3. The van der Waals surface area contributed by atoms with E-state index < -0.39 is 11.2 Å². The standard InChI is InChI=1S/C21H26N4O3S.C20H25N5O2S/c1-21(2,3)28-20(26)24-9-5-7-14(13-24)16-11-18(27-4)25-19(23-16)15(12-22-25)17-8-6-10-29-17;1-20(2,3)27-19(26)24-8-4-6-13(12-24)15-10-17(21)25-18(23-15)14(11-22-25)16-7-5-9-28-16/h6,8,10-12,14H,5,7,9,13H2,1-4H3;5,7,9-11,13H,4,6,8,12,21H2,1-3H3. The van der Waals surface area contributed by atoms with Gasteiger partial charge in [-0.15, -0.1) is 22.7 Å². The highest BCUT2D eigenvalue weighted by molar-refractivity contribution is 7.13. The molecule has 2 saturated heterocycles. The third kappa shape index (κ3) is 9.17. The van der Waals surface area contributed by atoms with Crippen molar-refractivity contribution in [3.8, 4) is 26.8 Å². The maximum atomic E-state index is 12.5. The van der Waals surface area contributed by atoms with Crippen LogP contribution < -0.4 is 10.5 Å². The molecule has 2 amide bonds. The Morgan fingerprint density at radius 1 is 0.737 bits per heavy atom. The first kappa shape index (κ1) is 40.0. The maximum absolute atomic E-state index is 12.5. The monoisotopic (exact) mass is 813 g/mol. The van der Waals surface area contributed by atoms with Gasteiger partial charge in [0.15, 0.2) is 11.3 Å². The summed E-state index contributed by atoms with van der Waals surface area (Å²) in [7, 11) is 1.64. The van der Waals surface area contributed by atoms with Crippen LogP contribution in [-0.2, 0) is 9.47 Å². The Morgan fingerprint density at radius 3 is 1.67 bits per heavy atom. The smallest absolute Gasteiger partial charge is 0.410 e. The largest absolute Gasteiger partial charge is 0.481 e. The van der Waals surface area contributed by atoms with Gasteiger partial charge in [-0.1, -0.05) is 12.1 Å². The van der Waals surface area contributed by atoms with Crippen LogP contribution in [0, 0.1) is 0 Å². The SMILES string of the molecule is CC(C)(C)OC(=O)N1CCCC(c2cc(N)n3ncc(-c4cccs4)c3n2)C1.COc1cc(C2CCCN(C(=O)OC(C)(C)C)C2)nc2c(-c3cccs3)cnn12. The number of nitrogen functional groups attached to an aromatic ring is 1. The number of piperidine rings is 2. The summed E-state index contributed by atoms with van der Waals surface area (Å²) >= 11 is 3.31. The average molecular weight is 814 g/mol. The molecular weight excluding hydrogens is 763 g/mol. The zero-order valence-electron chi connectivity index (χ0n) is 33.6. The second kappa shape index (κ2) is 16.3. The molecule has 2 N–H and O–H groups in total. The number of methoxy groups -OCH3 is 1. The minimum absolute atomic E-state index is 0.125. The van der Waals surface area contributed by atoms with E-state index >= 15 is 0 Å². The van der Waals surface area contributed by atoms with Crippen LogP contribution in [0.2, 0.25) is 0 Å². The van der Waals surface area contributed by atoms with E-state index in [1.807, 2.05) is 89.0 Å². The lowest BCUT2D eigenvalue weighted by molar-refractivity contribution is 0.0187. The molecule has 6 aromatic heterocycles. The van der Waals surface area contributed by atoms with E-state index in [0.717, 1.165) is 69.2 Å². The number of anilines is 1. The van der Waals surface area contributed by atoms with Crippen molar-refractivity contribution < 1.29 is 23.8 Å². The summed E-state index contributed by atoms with van der Waals surface area (Å²) < 4.78 is 20.1. The van der Waals surface area contributed by atoms with Crippen molar-refractivity contribution in [3.63, 3.8) is 0 Å². The van der Waals surface area contributed by atoms with E-state index in [1.165, 1.54) is 0 Å². The Bertz CT molecular complexity index is 2320. The fourth-order valence-corrected chi connectivity index (χ4v) is 8.62. The molecule has 16 heteroatoms. The van der Waals surface area contributed by atoms with Gasteiger partial charge in [-0.2, -0.15) is 19.2 Å². The molecule has 57 heavy (non-hydrogen) atoms. The van der Waals surface area contributed by atoms with Gasteiger partial charge in [0.05, 0.1) is 42.0 Å². The van der Waals surface area contributed by atoms with Gasteiger partial charge >= 0.3 is 12.2 Å². The Hall–Kier alpha value is -5.22. The molecule has 0 radical (unpaired) electrons. The van der Waals surface area contributed by atoms with Gasteiger partial charge in [0.2, 0.25) is 5.88 Å². The number of amides is 2. The van der Waals surface area contributed by atoms with Gasteiger partial charge in [-0.3, -0.25) is 0 Å². The van der Waals surface area contributed by atoms with Gasteiger partial charge in [0.25, 0.3) is 0 Å². The lowest BCUT2D eigenvalue weighted by atomic mass is 9.94. The van der Waals surface area contributed by atoms with Gasteiger partial charge in [0, 0.05) is 59.9 Å². The number of hydrogen-bond donors (Lipinski definition) is 1. The molecule has 6 aromatic rings. The summed E-state index contributed by atoms with van der Waals surface area (Å²) in [5.41, 5.74) is 10.6. The number of likely N-dealkylation sites (tertiary alicyclic amines) is 2. The van der Waals surface area contributed by atoms with Gasteiger partial charge in [-0.05, 0) is 90.1 Å². The molecule has 2 aliphatic rings. The molecule has 2 fully saturated rings. The highest BCUT2D eigenvalue weighted by Gasteiger charge is 2.31. The molecule has 0 saturated carbocycles. The lowest BCUT2D eigenvalue weighted by Gasteiger charge is -2.34. The van der Waals surface area contributed by atoms with Crippen molar-refractivity contribution in [1.29, 1.82) is 0 Å². The summed E-state index contributed by atoms with van der Waals surface area (Å²) in [5.74, 6) is 1.44. The van der Waals surface area contributed by atoms with Crippen LogP contribution in [0.25, 0.3) is 32.2 Å². The predicted molar refractivity (Wildman–Crippen MR) is 223 cm³/mol. The van der Waals surface area contributed by atoms with Crippen LogP contribution in [0.5, 0.6) is 5.88 Å². The Morgan fingerprint density at radius 2 is 1.21 bits per heavy atom. The van der Waals surface area contributed by atoms with Crippen molar-refractivity contribution >= 4 is 52.0 Å². The number of fused-ring (bicyclic) bond motifs is 2. The van der Waals surface area contributed by atoms with Crippen LogP contribution in [0.4, 0.5) is 15.4 Å². The van der Waals surface area contributed by atoms with Crippen molar-refractivity contribution in [2.24, 2.45) is 0 Å². The number of nitrogens with two attached hydrogens (primary N) is 1. The van der Waals surface area contributed by atoms with Crippen molar-refractivity contribution in [1.82, 2.24) is 39.0 Å². The minimum Gasteiger partial charge on any atom is -0.481 e. The molecule has 8 heterocycles. The van der Waals surface area contributed by atoms with E-state index in [4.69, 9.17) is 29.9 Å². The van der Waals surface area contributed by atoms with E-state index in [0.29, 0.717) is 37.9 Å². The molecule has 2 unspecified atom stereocenters. The van der Waals surface area contributed by atoms with Crippen molar-refractivity contribution in [3.05, 3.63) is 70.9 Å². The Kier molecular flexibility index (Phi) is 11.5. The lowest BCUT2D eigenvalue weighted by Crippen LogP contribution is -2.42. The van der Waals surface area contributed by atoms with E-state index in [1.54, 1.807) is 48.6 Å². The normalized spacial score (nSPS) is 17.7. The predicted octanol–water partition coefficient (Wildman–Crippen LogP) is 8.74. The summed E-state index contributed by atoms with van der Waals surface area (Å²) in [4.78, 5) is 40.6. The van der Waals surface area contributed by atoms with Gasteiger partial charge in [-0.25, -0.2) is 19.6 Å². The van der Waals surface area contributed by atoms with E-state index in [-0.39, 0.29) is 24.0 Å². The van der Waals surface area contributed by atoms with Crippen LogP contribution in [-0.4, -0.2) is 95.7 Å². The number of aromatic nitrogens is 6. The molecule has 0 aliphatic carbocycles. The number of nitrogens with zero attached hydrogens (tertiary/aromatic N) is 8. The molecule has 302 valence electrons. The third-order valence-corrected chi connectivity index (χ3v) is 11.5. The highest BCUT2D eigenvalue weighted by atomic mass is 32.1. The van der Waals surface area contributed by atoms with Crippen molar-refractivity contribution in [2.75, 3.05) is 39.0 Å². The molecule has 2 aliphatic heterocycles. The first-order valence-corrected chi connectivity index (χ1v) is 21.0. The van der Waals surface area contributed by atoms with Gasteiger partial charge < -0.3 is 29.7 Å². The summed E-state index contributed by atoms with van der Waals surface area (Å²) in [5, 5.41) is 12.9. The van der Waals surface area contributed by atoms with E-state index in [9.17, 15) is 9.59 Å². The minimum atomic E-state index is -0.502. The van der Waals surface area contributed by atoms with E-state index in [2.05, 4.69) is 22.3 Å². The van der Waals surface area contributed by atoms with Gasteiger partial charge in [0.1, 0.15) is 17.0 Å². The van der Waals surface area contributed by atoms with Crippen LogP contribution in [0.3, 0.4) is 0 Å². The summed E-state index contributed by atoms with van der Waals surface area (Å²) in [6.07, 6.45) is 6.85. The quantitative estimate of drug-likeness (QED) is 0.179. The molecule has 0 aromatic carbocycles. The molecule has 2 atom stereocenters. The summed E-state index contributed by atoms with van der Waals surface area (Å²) in [6.45, 7) is 13.9. The Balaban J connectivity index is 0.000000174.